The number of hydrogen-bond acceptors (Lipinski definition) is 7. The van der Waals surface area contributed by atoms with Crippen LogP contribution in [-0.4, -0.2) is 24.7 Å². The third kappa shape index (κ3) is 6.47. The SMILES string of the molecule is COc1ccc([C@H]2C(C(=O)Nc3ccccc3)=C(C)N=c3s/c(=C\c4ccc(OCc5cccc6ccccc56)c(Br)c4)c(=O)n32)c(OC)c1. The minimum atomic E-state index is -0.811. The number of carbonyl (C=O) groups is 1. The summed E-state index contributed by atoms with van der Waals surface area (Å²) in [4.78, 5) is 33.5. The molecule has 7 rings (SSSR count). The van der Waals surface area contributed by atoms with Gasteiger partial charge in [-0.15, -0.1) is 0 Å². The molecule has 0 spiro atoms. The Balaban J connectivity index is 1.26. The molecule has 1 aliphatic rings. The summed E-state index contributed by atoms with van der Waals surface area (Å²) in [6.45, 7) is 2.19. The third-order valence-corrected chi connectivity index (χ3v) is 10.2. The second kappa shape index (κ2) is 14.2. The first kappa shape index (κ1) is 33.1. The van der Waals surface area contributed by atoms with Crippen LogP contribution in [0.4, 0.5) is 5.69 Å². The predicted molar refractivity (Wildman–Crippen MR) is 201 cm³/mol. The zero-order valence-corrected chi connectivity index (χ0v) is 29.9. The first-order chi connectivity index (χ1) is 24.3. The van der Waals surface area contributed by atoms with Crippen molar-refractivity contribution in [2.24, 2.45) is 4.99 Å². The summed E-state index contributed by atoms with van der Waals surface area (Å²) in [5.74, 6) is 1.39. The lowest BCUT2D eigenvalue weighted by Crippen LogP contribution is -2.40. The zero-order valence-electron chi connectivity index (χ0n) is 27.5. The van der Waals surface area contributed by atoms with Gasteiger partial charge in [0.15, 0.2) is 4.80 Å². The Hall–Kier alpha value is -5.45. The summed E-state index contributed by atoms with van der Waals surface area (Å²) in [6.07, 6.45) is 1.83. The highest BCUT2D eigenvalue weighted by Gasteiger charge is 2.34. The maximum absolute atomic E-state index is 14.3. The smallest absolute Gasteiger partial charge is 0.271 e. The van der Waals surface area contributed by atoms with E-state index in [0.717, 1.165) is 26.4 Å². The molecule has 2 heterocycles. The zero-order chi connectivity index (χ0) is 34.8. The van der Waals surface area contributed by atoms with Gasteiger partial charge in [0.1, 0.15) is 29.9 Å². The molecule has 5 aromatic carbocycles. The maximum atomic E-state index is 14.3. The van der Waals surface area contributed by atoms with Crippen molar-refractivity contribution >= 4 is 55.7 Å². The highest BCUT2D eigenvalue weighted by Crippen LogP contribution is 2.38. The molecule has 0 fully saturated rings. The molecule has 10 heteroatoms. The molecule has 6 aromatic rings. The Labute approximate surface area is 300 Å². The Morgan fingerprint density at radius 2 is 1.70 bits per heavy atom. The molecule has 1 N–H and O–H groups in total. The van der Waals surface area contributed by atoms with E-state index in [0.29, 0.717) is 55.7 Å². The van der Waals surface area contributed by atoms with Gasteiger partial charge in [-0.3, -0.25) is 14.2 Å². The summed E-state index contributed by atoms with van der Waals surface area (Å²) in [7, 11) is 3.12. The number of halogens is 1. The molecule has 1 amide bonds. The highest BCUT2D eigenvalue weighted by atomic mass is 79.9. The molecular formula is C40H32BrN3O5S. The van der Waals surface area contributed by atoms with E-state index in [-0.39, 0.29) is 11.5 Å². The standard InChI is InChI=1S/C40H32BrN3O5S/c1-24-36(38(45)43-28-13-5-4-6-14-28)37(31-18-17-29(47-2)22-34(31)48-3)44-39(46)35(50-40(44)42-24)21-25-16-19-33(32(41)20-25)49-23-27-12-9-11-26-10-7-8-15-30(26)27/h4-22,37H,23H2,1-3H3,(H,43,45)/b35-21-/t37-/m0/s1. The number of methoxy groups -OCH3 is 2. The van der Waals surface area contributed by atoms with Gasteiger partial charge in [0.25, 0.3) is 11.5 Å². The van der Waals surface area contributed by atoms with Crippen LogP contribution in [0.25, 0.3) is 16.8 Å². The van der Waals surface area contributed by atoms with E-state index in [4.69, 9.17) is 19.2 Å². The Morgan fingerprint density at radius 3 is 2.48 bits per heavy atom. The fourth-order valence-corrected chi connectivity index (χ4v) is 7.68. The van der Waals surface area contributed by atoms with Crippen LogP contribution in [0.1, 0.15) is 29.7 Å². The van der Waals surface area contributed by atoms with E-state index >= 15 is 0 Å². The van der Waals surface area contributed by atoms with Crippen molar-refractivity contribution < 1.29 is 19.0 Å². The number of carbonyl (C=O) groups excluding carboxylic acids is 1. The molecule has 8 nitrogen and oxygen atoms in total. The Kier molecular flexibility index (Phi) is 9.38. The summed E-state index contributed by atoms with van der Waals surface area (Å²) in [5.41, 5.74) is 3.72. The van der Waals surface area contributed by atoms with Gasteiger partial charge < -0.3 is 19.5 Å². The van der Waals surface area contributed by atoms with Gasteiger partial charge in [0, 0.05) is 17.3 Å². The van der Waals surface area contributed by atoms with Gasteiger partial charge in [-0.05, 0) is 87.2 Å². The van der Waals surface area contributed by atoms with Crippen LogP contribution in [-0.2, 0) is 11.4 Å². The first-order valence-electron chi connectivity index (χ1n) is 15.8. The van der Waals surface area contributed by atoms with E-state index in [1.165, 1.54) is 11.3 Å². The quantitative estimate of drug-likeness (QED) is 0.167. The second-order valence-electron chi connectivity index (χ2n) is 11.6. The number of thiazole rings is 1. The molecule has 0 saturated heterocycles. The highest BCUT2D eigenvalue weighted by molar-refractivity contribution is 9.10. The lowest BCUT2D eigenvalue weighted by molar-refractivity contribution is -0.113. The maximum Gasteiger partial charge on any atom is 0.271 e. The number of para-hydroxylation sites is 1. The minimum Gasteiger partial charge on any atom is -0.497 e. The average molecular weight is 747 g/mol. The van der Waals surface area contributed by atoms with Crippen LogP contribution >= 0.6 is 27.3 Å². The number of benzene rings is 5. The van der Waals surface area contributed by atoms with Gasteiger partial charge in [-0.2, -0.15) is 0 Å². The number of nitrogens with one attached hydrogen (secondary N) is 1. The number of amides is 1. The summed E-state index contributed by atoms with van der Waals surface area (Å²) in [6, 6.07) is 33.9. The van der Waals surface area contributed by atoms with Crippen LogP contribution in [0, 0.1) is 0 Å². The molecular weight excluding hydrogens is 714 g/mol. The molecule has 0 unspecified atom stereocenters. The van der Waals surface area contributed by atoms with Gasteiger partial charge in [0.2, 0.25) is 0 Å². The topological polar surface area (TPSA) is 91.2 Å². The van der Waals surface area contributed by atoms with Crippen LogP contribution < -0.4 is 34.4 Å². The summed E-state index contributed by atoms with van der Waals surface area (Å²) < 4.78 is 20.2. The number of fused-ring (bicyclic) bond motifs is 2. The van der Waals surface area contributed by atoms with E-state index < -0.39 is 6.04 Å². The molecule has 0 radical (unpaired) electrons. The predicted octanol–water partition coefficient (Wildman–Crippen LogP) is 7.39. The van der Waals surface area contributed by atoms with Crippen molar-refractivity contribution in [3.63, 3.8) is 0 Å². The van der Waals surface area contributed by atoms with Crippen molar-refractivity contribution in [1.29, 1.82) is 0 Å². The largest absolute Gasteiger partial charge is 0.497 e. The van der Waals surface area contributed by atoms with E-state index in [2.05, 4.69) is 45.5 Å². The van der Waals surface area contributed by atoms with Crippen LogP contribution in [0.5, 0.6) is 17.2 Å². The molecule has 0 aliphatic carbocycles. The third-order valence-electron chi connectivity index (χ3n) is 8.55. The Bertz CT molecular complexity index is 2470. The van der Waals surface area contributed by atoms with Crippen LogP contribution in [0.2, 0.25) is 0 Å². The van der Waals surface area contributed by atoms with Crippen molar-refractivity contribution in [2.75, 3.05) is 19.5 Å². The normalized spacial score (nSPS) is 14.2. The number of ether oxygens (including phenoxy) is 3. The first-order valence-corrected chi connectivity index (χ1v) is 17.5. The van der Waals surface area contributed by atoms with E-state index in [1.54, 1.807) is 37.8 Å². The lowest BCUT2D eigenvalue weighted by atomic mass is 9.94. The second-order valence-corrected chi connectivity index (χ2v) is 13.5. The summed E-state index contributed by atoms with van der Waals surface area (Å²) >= 11 is 4.93. The number of rotatable bonds is 9. The number of anilines is 1. The molecule has 0 saturated carbocycles. The fourth-order valence-electron chi connectivity index (χ4n) is 6.12. The van der Waals surface area contributed by atoms with E-state index in [1.807, 2.05) is 78.9 Å². The van der Waals surface area contributed by atoms with Crippen molar-refractivity contribution in [3.05, 3.63) is 161 Å². The number of nitrogens with zero attached hydrogens (tertiary/aromatic N) is 2. The number of allylic oxidation sites excluding steroid dienone is 1. The van der Waals surface area contributed by atoms with Crippen molar-refractivity contribution in [3.8, 4) is 17.2 Å². The fraction of sp³-hybridized carbons (Fsp3) is 0.125. The van der Waals surface area contributed by atoms with E-state index in [9.17, 15) is 9.59 Å². The van der Waals surface area contributed by atoms with Gasteiger partial charge in [0.05, 0.1) is 34.5 Å². The summed E-state index contributed by atoms with van der Waals surface area (Å²) in [5, 5.41) is 5.30. The molecule has 1 atom stereocenters. The van der Waals surface area contributed by atoms with Gasteiger partial charge in [-0.1, -0.05) is 78.1 Å². The van der Waals surface area contributed by atoms with Gasteiger partial charge in [-0.25, -0.2) is 4.99 Å². The molecule has 50 heavy (non-hydrogen) atoms. The average Bonchev–Trinajstić information content (AvgIpc) is 3.44. The molecule has 1 aromatic heterocycles. The van der Waals surface area contributed by atoms with Crippen LogP contribution in [0.15, 0.2) is 135 Å². The number of aromatic nitrogens is 1. The molecule has 1 aliphatic heterocycles. The minimum absolute atomic E-state index is 0.276. The van der Waals surface area contributed by atoms with Crippen LogP contribution in [0.3, 0.4) is 0 Å². The molecule has 0 bridgehead atoms. The number of hydrogen-bond donors (Lipinski definition) is 1. The Morgan fingerprint density at radius 1 is 0.920 bits per heavy atom. The monoisotopic (exact) mass is 745 g/mol. The lowest BCUT2D eigenvalue weighted by Gasteiger charge is -2.26. The molecule has 250 valence electrons. The van der Waals surface area contributed by atoms with Gasteiger partial charge >= 0.3 is 0 Å². The van der Waals surface area contributed by atoms with Crippen molar-refractivity contribution in [2.45, 2.75) is 19.6 Å². The van der Waals surface area contributed by atoms with Crippen molar-refractivity contribution in [1.82, 2.24) is 4.57 Å².